The number of nitrogens with zero attached hydrogens (tertiary/aromatic N) is 3. The van der Waals surface area contributed by atoms with E-state index in [0.29, 0.717) is 24.7 Å². The zero-order valence-electron chi connectivity index (χ0n) is 9.80. The standard InChI is InChI=1S/C11H14N4O2/c1-15(2)11-13-10(17-14-11)7-6-8-4-3-5-9(16)12-8/h3-5H,6-7H2,1-2H3,(H,12,16). The van der Waals surface area contributed by atoms with Crippen LogP contribution in [0.5, 0.6) is 0 Å². The zero-order chi connectivity index (χ0) is 12.3. The molecule has 0 radical (unpaired) electrons. The van der Waals surface area contributed by atoms with E-state index in [1.165, 1.54) is 6.07 Å². The number of aromatic amines is 1. The molecule has 2 aromatic heterocycles. The maximum atomic E-state index is 11.1. The highest BCUT2D eigenvalue weighted by Crippen LogP contribution is 2.07. The minimum atomic E-state index is -0.0954. The Morgan fingerprint density at radius 3 is 2.82 bits per heavy atom. The summed E-state index contributed by atoms with van der Waals surface area (Å²) >= 11 is 0. The van der Waals surface area contributed by atoms with Crippen molar-refractivity contribution in [2.75, 3.05) is 19.0 Å². The molecule has 0 aromatic carbocycles. The third-order valence-electron chi connectivity index (χ3n) is 2.29. The molecule has 0 atom stereocenters. The zero-order valence-corrected chi connectivity index (χ0v) is 9.80. The Morgan fingerprint density at radius 2 is 2.18 bits per heavy atom. The molecule has 2 heterocycles. The summed E-state index contributed by atoms with van der Waals surface area (Å²) in [6.07, 6.45) is 1.28. The lowest BCUT2D eigenvalue weighted by molar-refractivity contribution is 0.377. The maximum Gasteiger partial charge on any atom is 0.265 e. The predicted molar refractivity (Wildman–Crippen MR) is 63.1 cm³/mol. The first-order chi connectivity index (χ1) is 8.15. The van der Waals surface area contributed by atoms with Gasteiger partial charge in [-0.25, -0.2) is 0 Å². The van der Waals surface area contributed by atoms with Crippen LogP contribution in [-0.4, -0.2) is 29.2 Å². The van der Waals surface area contributed by atoms with Crippen LogP contribution in [0, 0.1) is 0 Å². The molecule has 0 aliphatic heterocycles. The van der Waals surface area contributed by atoms with Crippen molar-refractivity contribution in [3.8, 4) is 0 Å². The van der Waals surface area contributed by atoms with Crippen molar-refractivity contribution < 1.29 is 4.52 Å². The molecule has 0 bridgehead atoms. The molecule has 0 spiro atoms. The summed E-state index contributed by atoms with van der Waals surface area (Å²) in [4.78, 5) is 19.8. The summed E-state index contributed by atoms with van der Waals surface area (Å²) in [5, 5.41) is 3.81. The first kappa shape index (κ1) is 11.4. The Hall–Kier alpha value is -2.11. The molecule has 0 aliphatic rings. The van der Waals surface area contributed by atoms with E-state index in [-0.39, 0.29) is 5.56 Å². The van der Waals surface area contributed by atoms with Crippen LogP contribution in [0.1, 0.15) is 11.6 Å². The number of hydrogen-bond donors (Lipinski definition) is 1. The molecular formula is C11H14N4O2. The van der Waals surface area contributed by atoms with E-state index >= 15 is 0 Å². The summed E-state index contributed by atoms with van der Waals surface area (Å²) in [7, 11) is 3.70. The summed E-state index contributed by atoms with van der Waals surface area (Å²) in [6.45, 7) is 0. The van der Waals surface area contributed by atoms with E-state index in [1.54, 1.807) is 11.0 Å². The van der Waals surface area contributed by atoms with Crippen LogP contribution in [0.3, 0.4) is 0 Å². The minimum Gasteiger partial charge on any atom is -0.344 e. The van der Waals surface area contributed by atoms with Crippen molar-refractivity contribution in [3.05, 3.63) is 40.1 Å². The SMILES string of the molecule is CN(C)c1noc(CCc2cccc(=O)[nH]2)n1. The van der Waals surface area contributed by atoms with Crippen molar-refractivity contribution >= 4 is 5.95 Å². The fraction of sp³-hybridized carbons (Fsp3) is 0.364. The molecule has 2 rings (SSSR count). The highest BCUT2D eigenvalue weighted by atomic mass is 16.5. The third-order valence-corrected chi connectivity index (χ3v) is 2.29. The quantitative estimate of drug-likeness (QED) is 0.838. The lowest BCUT2D eigenvalue weighted by Crippen LogP contribution is -2.10. The molecule has 6 nitrogen and oxygen atoms in total. The molecule has 0 aliphatic carbocycles. The Bertz CT molecular complexity index is 544. The monoisotopic (exact) mass is 234 g/mol. The number of H-pyrrole nitrogens is 1. The van der Waals surface area contributed by atoms with Crippen molar-refractivity contribution in [3.63, 3.8) is 0 Å². The van der Waals surface area contributed by atoms with Gasteiger partial charge in [0.2, 0.25) is 11.4 Å². The van der Waals surface area contributed by atoms with Crippen molar-refractivity contribution in [1.29, 1.82) is 0 Å². The number of hydrogen-bond acceptors (Lipinski definition) is 5. The average Bonchev–Trinajstić information content (AvgIpc) is 2.75. The van der Waals surface area contributed by atoms with E-state index in [1.807, 2.05) is 20.2 Å². The molecule has 90 valence electrons. The van der Waals surface area contributed by atoms with Crippen molar-refractivity contribution in [2.45, 2.75) is 12.8 Å². The summed E-state index contributed by atoms with van der Waals surface area (Å²) in [5.74, 6) is 1.12. The van der Waals surface area contributed by atoms with Gasteiger partial charge in [-0.1, -0.05) is 6.07 Å². The van der Waals surface area contributed by atoms with Crippen LogP contribution in [0.2, 0.25) is 0 Å². The van der Waals surface area contributed by atoms with Crippen LogP contribution >= 0.6 is 0 Å². The fourth-order valence-corrected chi connectivity index (χ4v) is 1.41. The highest BCUT2D eigenvalue weighted by Gasteiger charge is 2.07. The van der Waals surface area contributed by atoms with E-state index in [2.05, 4.69) is 15.1 Å². The normalized spacial score (nSPS) is 10.5. The largest absolute Gasteiger partial charge is 0.344 e. The van der Waals surface area contributed by atoms with Gasteiger partial charge in [-0.2, -0.15) is 4.98 Å². The van der Waals surface area contributed by atoms with Gasteiger partial charge in [0.15, 0.2) is 0 Å². The second kappa shape index (κ2) is 4.82. The number of nitrogens with one attached hydrogen (secondary N) is 1. The van der Waals surface area contributed by atoms with Gasteiger partial charge in [-0.3, -0.25) is 4.79 Å². The first-order valence-corrected chi connectivity index (χ1v) is 5.33. The summed E-state index contributed by atoms with van der Waals surface area (Å²) in [5.41, 5.74) is 0.768. The van der Waals surface area contributed by atoms with E-state index in [9.17, 15) is 4.79 Å². The fourth-order valence-electron chi connectivity index (χ4n) is 1.41. The molecule has 6 heteroatoms. The molecule has 2 aromatic rings. The Morgan fingerprint density at radius 1 is 1.35 bits per heavy atom. The lowest BCUT2D eigenvalue weighted by atomic mass is 10.2. The number of aryl methyl sites for hydroxylation is 2. The smallest absolute Gasteiger partial charge is 0.265 e. The van der Waals surface area contributed by atoms with Crippen LogP contribution in [0.4, 0.5) is 5.95 Å². The van der Waals surface area contributed by atoms with Gasteiger partial charge in [0.05, 0.1) is 0 Å². The van der Waals surface area contributed by atoms with E-state index in [4.69, 9.17) is 4.52 Å². The van der Waals surface area contributed by atoms with Gasteiger partial charge in [-0.15, -0.1) is 0 Å². The topological polar surface area (TPSA) is 75.0 Å². The van der Waals surface area contributed by atoms with Gasteiger partial charge >= 0.3 is 0 Å². The third kappa shape index (κ3) is 2.93. The molecule has 0 saturated heterocycles. The molecule has 0 amide bonds. The summed E-state index contributed by atoms with van der Waals surface area (Å²) in [6, 6.07) is 5.08. The summed E-state index contributed by atoms with van der Waals surface area (Å²) < 4.78 is 5.08. The molecule has 0 unspecified atom stereocenters. The second-order valence-electron chi connectivity index (χ2n) is 3.92. The number of rotatable bonds is 4. The second-order valence-corrected chi connectivity index (χ2v) is 3.92. The van der Waals surface area contributed by atoms with E-state index in [0.717, 1.165) is 5.69 Å². The number of pyridine rings is 1. The van der Waals surface area contributed by atoms with Crippen LogP contribution in [-0.2, 0) is 12.8 Å². The minimum absolute atomic E-state index is 0.0954. The number of aromatic nitrogens is 3. The predicted octanol–water partition coefficient (Wildman–Crippen LogP) is 0.609. The highest BCUT2D eigenvalue weighted by molar-refractivity contribution is 5.23. The molecule has 0 fully saturated rings. The Labute approximate surface area is 98.3 Å². The van der Waals surface area contributed by atoms with Crippen LogP contribution < -0.4 is 10.5 Å². The molecule has 17 heavy (non-hydrogen) atoms. The van der Waals surface area contributed by atoms with Crippen LogP contribution in [0.25, 0.3) is 0 Å². The lowest BCUT2D eigenvalue weighted by Gasteiger charge is -2.02. The maximum absolute atomic E-state index is 11.1. The number of anilines is 1. The van der Waals surface area contributed by atoms with Gasteiger partial charge < -0.3 is 14.4 Å². The van der Waals surface area contributed by atoms with Gasteiger partial charge in [0.25, 0.3) is 5.95 Å². The first-order valence-electron chi connectivity index (χ1n) is 5.33. The Balaban J connectivity index is 2.00. The Kier molecular flexibility index (Phi) is 3.22. The van der Waals surface area contributed by atoms with Gasteiger partial charge in [0, 0.05) is 32.3 Å². The van der Waals surface area contributed by atoms with Gasteiger partial charge in [-0.05, 0) is 17.6 Å². The van der Waals surface area contributed by atoms with Crippen molar-refractivity contribution in [2.24, 2.45) is 0 Å². The molecular weight excluding hydrogens is 220 g/mol. The van der Waals surface area contributed by atoms with Gasteiger partial charge in [0.1, 0.15) is 0 Å². The molecule has 1 N–H and O–H groups in total. The van der Waals surface area contributed by atoms with Crippen molar-refractivity contribution in [1.82, 2.24) is 15.1 Å². The average molecular weight is 234 g/mol. The van der Waals surface area contributed by atoms with Crippen LogP contribution in [0.15, 0.2) is 27.5 Å². The molecule has 0 saturated carbocycles. The van der Waals surface area contributed by atoms with E-state index < -0.39 is 0 Å².